The molecule has 2 atom stereocenters. The van der Waals surface area contributed by atoms with Crippen LogP contribution in [0.5, 0.6) is 0 Å². The van der Waals surface area contributed by atoms with Crippen LogP contribution in [0.3, 0.4) is 0 Å². The first-order valence-corrected chi connectivity index (χ1v) is 6.06. The molecule has 2 rings (SSSR count). The molecule has 1 heterocycles. The molecule has 1 aromatic rings. The van der Waals surface area contributed by atoms with Gasteiger partial charge in [0.05, 0.1) is 6.54 Å². The monoisotopic (exact) mass is 265 g/mol. The summed E-state index contributed by atoms with van der Waals surface area (Å²) in [5.74, 6) is -1.22. The molecule has 0 aliphatic carbocycles. The minimum absolute atomic E-state index is 0.01000. The number of nitrogens with two attached hydrogens (primary N) is 1. The molecule has 0 bridgehead atoms. The summed E-state index contributed by atoms with van der Waals surface area (Å²) in [5.41, 5.74) is 6.59. The first kappa shape index (κ1) is 13.5. The number of piperazine rings is 1. The first-order chi connectivity index (χ1) is 8.91. The van der Waals surface area contributed by atoms with E-state index in [1.807, 2.05) is 0 Å². The fraction of sp³-hybridized carbons (Fsp3) is 0.385. The maximum absolute atomic E-state index is 13.9. The zero-order valence-corrected chi connectivity index (χ0v) is 10.8. The number of anilines is 1. The maximum atomic E-state index is 13.9. The van der Waals surface area contributed by atoms with E-state index in [1.54, 1.807) is 30.9 Å². The van der Waals surface area contributed by atoms with Crippen LogP contribution in [0.1, 0.15) is 25.5 Å². The Kier molecular flexibility index (Phi) is 3.53. The molecule has 3 N–H and O–H groups in total. The molecule has 1 aliphatic rings. The lowest BCUT2D eigenvalue weighted by molar-refractivity contribution is -0.132. The molecule has 1 aromatic carbocycles. The van der Waals surface area contributed by atoms with E-state index in [9.17, 15) is 14.0 Å². The average Bonchev–Trinajstić information content (AvgIpc) is 2.33. The average molecular weight is 265 g/mol. The van der Waals surface area contributed by atoms with Gasteiger partial charge in [-0.2, -0.15) is 0 Å². The van der Waals surface area contributed by atoms with E-state index < -0.39 is 29.7 Å². The molecule has 2 amide bonds. The van der Waals surface area contributed by atoms with E-state index in [-0.39, 0.29) is 6.54 Å². The SMILES string of the molecule is CC(N)c1c(F)cccc1N1CC(=O)NC(=O)C1C. The van der Waals surface area contributed by atoms with Crippen molar-refractivity contribution in [1.82, 2.24) is 5.32 Å². The highest BCUT2D eigenvalue weighted by atomic mass is 19.1. The van der Waals surface area contributed by atoms with Crippen molar-refractivity contribution in [3.05, 3.63) is 29.6 Å². The number of amides is 2. The van der Waals surface area contributed by atoms with Gasteiger partial charge in [-0.3, -0.25) is 14.9 Å². The third kappa shape index (κ3) is 2.44. The summed E-state index contributed by atoms with van der Waals surface area (Å²) in [7, 11) is 0. The second-order valence-corrected chi connectivity index (χ2v) is 4.68. The second kappa shape index (κ2) is 4.97. The largest absolute Gasteiger partial charge is 0.350 e. The summed E-state index contributed by atoms with van der Waals surface area (Å²) in [4.78, 5) is 24.7. The molecule has 0 aromatic heterocycles. The highest BCUT2D eigenvalue weighted by Crippen LogP contribution is 2.29. The lowest BCUT2D eigenvalue weighted by Gasteiger charge is -2.35. The van der Waals surface area contributed by atoms with Crippen LogP contribution in [-0.2, 0) is 9.59 Å². The van der Waals surface area contributed by atoms with Crippen molar-refractivity contribution in [2.45, 2.75) is 25.9 Å². The number of hydrogen-bond donors (Lipinski definition) is 2. The molecular weight excluding hydrogens is 249 g/mol. The number of hydrogen-bond acceptors (Lipinski definition) is 4. The fourth-order valence-corrected chi connectivity index (χ4v) is 2.24. The number of halogens is 1. The number of imide groups is 1. The van der Waals surface area contributed by atoms with Crippen LogP contribution in [-0.4, -0.2) is 24.4 Å². The Bertz CT molecular complexity index is 531. The third-order valence-electron chi connectivity index (χ3n) is 3.22. The van der Waals surface area contributed by atoms with Crippen molar-refractivity contribution in [3.8, 4) is 0 Å². The van der Waals surface area contributed by atoms with E-state index >= 15 is 0 Å². The van der Waals surface area contributed by atoms with Gasteiger partial charge >= 0.3 is 0 Å². The number of carbonyl (C=O) groups is 2. The van der Waals surface area contributed by atoms with Crippen molar-refractivity contribution >= 4 is 17.5 Å². The molecule has 6 heteroatoms. The molecule has 0 saturated carbocycles. The van der Waals surface area contributed by atoms with E-state index in [0.717, 1.165) is 0 Å². The Balaban J connectivity index is 2.49. The zero-order chi connectivity index (χ0) is 14.2. The standard InChI is InChI=1S/C13H16FN3O2/c1-7(15)12-9(14)4-3-5-10(12)17-6-11(18)16-13(19)8(17)2/h3-5,7-8H,6,15H2,1-2H3,(H,16,18,19). The highest BCUT2D eigenvalue weighted by Gasteiger charge is 2.32. The molecule has 2 unspecified atom stereocenters. The summed E-state index contributed by atoms with van der Waals surface area (Å²) in [5, 5.41) is 2.25. The van der Waals surface area contributed by atoms with Gasteiger partial charge in [-0.25, -0.2) is 4.39 Å². The van der Waals surface area contributed by atoms with E-state index in [1.165, 1.54) is 6.07 Å². The summed E-state index contributed by atoms with van der Waals surface area (Å²) in [6, 6.07) is 3.46. The van der Waals surface area contributed by atoms with Crippen LogP contribution in [0.15, 0.2) is 18.2 Å². The van der Waals surface area contributed by atoms with E-state index in [2.05, 4.69) is 5.32 Å². The van der Waals surface area contributed by atoms with Crippen LogP contribution < -0.4 is 16.0 Å². The maximum Gasteiger partial charge on any atom is 0.249 e. The Labute approximate surface area is 110 Å². The first-order valence-electron chi connectivity index (χ1n) is 6.06. The third-order valence-corrected chi connectivity index (χ3v) is 3.22. The summed E-state index contributed by atoms with van der Waals surface area (Å²) >= 11 is 0. The van der Waals surface area contributed by atoms with Gasteiger partial charge < -0.3 is 10.6 Å². The van der Waals surface area contributed by atoms with Gasteiger partial charge in [-0.05, 0) is 26.0 Å². The quantitative estimate of drug-likeness (QED) is 0.772. The predicted molar refractivity (Wildman–Crippen MR) is 69.0 cm³/mol. The molecule has 1 saturated heterocycles. The van der Waals surface area contributed by atoms with Gasteiger partial charge in [0.1, 0.15) is 11.9 Å². The molecule has 5 nitrogen and oxygen atoms in total. The van der Waals surface area contributed by atoms with Crippen molar-refractivity contribution in [1.29, 1.82) is 0 Å². The topological polar surface area (TPSA) is 75.4 Å². The molecule has 0 spiro atoms. The molecule has 102 valence electrons. The van der Waals surface area contributed by atoms with E-state index in [4.69, 9.17) is 5.73 Å². The number of carbonyl (C=O) groups excluding carboxylic acids is 2. The van der Waals surface area contributed by atoms with Gasteiger partial charge in [0.25, 0.3) is 0 Å². The van der Waals surface area contributed by atoms with Crippen LogP contribution >= 0.6 is 0 Å². The van der Waals surface area contributed by atoms with Crippen LogP contribution in [0, 0.1) is 5.82 Å². The van der Waals surface area contributed by atoms with Crippen LogP contribution in [0.4, 0.5) is 10.1 Å². The van der Waals surface area contributed by atoms with Crippen molar-refractivity contribution in [3.63, 3.8) is 0 Å². The van der Waals surface area contributed by atoms with Crippen molar-refractivity contribution in [2.24, 2.45) is 5.73 Å². The lowest BCUT2D eigenvalue weighted by Crippen LogP contribution is -2.57. The van der Waals surface area contributed by atoms with Crippen LogP contribution in [0.2, 0.25) is 0 Å². The lowest BCUT2D eigenvalue weighted by atomic mass is 10.0. The normalized spacial score (nSPS) is 21.3. The Morgan fingerprint density at radius 3 is 2.79 bits per heavy atom. The number of benzene rings is 1. The fourth-order valence-electron chi connectivity index (χ4n) is 2.24. The summed E-state index contributed by atoms with van der Waals surface area (Å²) in [6.07, 6.45) is 0. The number of nitrogens with zero attached hydrogens (tertiary/aromatic N) is 1. The zero-order valence-electron chi connectivity index (χ0n) is 10.8. The second-order valence-electron chi connectivity index (χ2n) is 4.68. The highest BCUT2D eigenvalue weighted by molar-refractivity contribution is 6.04. The molecule has 19 heavy (non-hydrogen) atoms. The minimum atomic E-state index is -0.544. The minimum Gasteiger partial charge on any atom is -0.350 e. The van der Waals surface area contributed by atoms with Gasteiger partial charge in [0.2, 0.25) is 11.8 Å². The van der Waals surface area contributed by atoms with Gasteiger partial charge in [0, 0.05) is 17.3 Å². The van der Waals surface area contributed by atoms with Gasteiger partial charge in [0.15, 0.2) is 0 Å². The van der Waals surface area contributed by atoms with Gasteiger partial charge in [-0.15, -0.1) is 0 Å². The Morgan fingerprint density at radius 2 is 2.16 bits per heavy atom. The predicted octanol–water partition coefficient (Wildman–Crippen LogP) is 0.697. The summed E-state index contributed by atoms with van der Waals surface area (Å²) < 4.78 is 13.9. The van der Waals surface area contributed by atoms with Crippen molar-refractivity contribution in [2.75, 3.05) is 11.4 Å². The Morgan fingerprint density at radius 1 is 1.47 bits per heavy atom. The number of rotatable bonds is 2. The number of nitrogens with one attached hydrogen (secondary N) is 1. The summed E-state index contributed by atoms with van der Waals surface area (Å²) in [6.45, 7) is 3.34. The molecule has 0 radical (unpaired) electrons. The molecule has 1 fully saturated rings. The smallest absolute Gasteiger partial charge is 0.249 e. The van der Waals surface area contributed by atoms with Gasteiger partial charge in [-0.1, -0.05) is 6.07 Å². The van der Waals surface area contributed by atoms with Crippen molar-refractivity contribution < 1.29 is 14.0 Å². The Hall–Kier alpha value is -1.95. The van der Waals surface area contributed by atoms with Crippen LogP contribution in [0.25, 0.3) is 0 Å². The molecule has 1 aliphatic heterocycles. The van der Waals surface area contributed by atoms with E-state index in [0.29, 0.717) is 11.3 Å². The molecular formula is C13H16FN3O2.